The maximum atomic E-state index is 10.7. The molecule has 0 heterocycles. The molecule has 0 amide bonds. The highest BCUT2D eigenvalue weighted by Gasteiger charge is 2.10. The number of ether oxygens (including phenoxy) is 1. The zero-order chi connectivity index (χ0) is 14.3. The first kappa shape index (κ1) is 15.3. The van der Waals surface area contributed by atoms with Gasteiger partial charge in [0.25, 0.3) is 5.69 Å². The standard InChI is InChI=1S/C14H20N2O3/c1-11(2)10-19-8-7-15-12(3)13-5-4-6-14(9-13)16(17)18/h4-6,9,12,15H,1,7-8,10H2,2-3H3. The van der Waals surface area contributed by atoms with E-state index in [1.54, 1.807) is 12.1 Å². The molecule has 0 aromatic heterocycles. The van der Waals surface area contributed by atoms with Gasteiger partial charge in [-0.1, -0.05) is 24.3 Å². The summed E-state index contributed by atoms with van der Waals surface area (Å²) in [6.45, 7) is 9.48. The third-order valence-corrected chi connectivity index (χ3v) is 2.63. The predicted molar refractivity (Wildman–Crippen MR) is 75.1 cm³/mol. The summed E-state index contributed by atoms with van der Waals surface area (Å²) in [5.74, 6) is 0. The van der Waals surface area contributed by atoms with Crippen LogP contribution in [-0.4, -0.2) is 24.7 Å². The summed E-state index contributed by atoms with van der Waals surface area (Å²) in [4.78, 5) is 10.3. The highest BCUT2D eigenvalue weighted by atomic mass is 16.6. The van der Waals surface area contributed by atoms with Gasteiger partial charge in [0, 0.05) is 24.7 Å². The number of benzene rings is 1. The third-order valence-electron chi connectivity index (χ3n) is 2.63. The van der Waals surface area contributed by atoms with Crippen LogP contribution in [0.5, 0.6) is 0 Å². The molecule has 0 spiro atoms. The highest BCUT2D eigenvalue weighted by Crippen LogP contribution is 2.18. The van der Waals surface area contributed by atoms with Crippen LogP contribution in [0.25, 0.3) is 0 Å². The number of rotatable bonds is 8. The maximum Gasteiger partial charge on any atom is 0.269 e. The quantitative estimate of drug-likeness (QED) is 0.339. The molecular weight excluding hydrogens is 244 g/mol. The van der Waals surface area contributed by atoms with Crippen molar-refractivity contribution in [1.29, 1.82) is 0 Å². The van der Waals surface area contributed by atoms with E-state index in [9.17, 15) is 10.1 Å². The van der Waals surface area contributed by atoms with Gasteiger partial charge in [-0.15, -0.1) is 0 Å². The van der Waals surface area contributed by atoms with Gasteiger partial charge in [0.05, 0.1) is 18.1 Å². The molecule has 0 aliphatic heterocycles. The minimum Gasteiger partial charge on any atom is -0.376 e. The first-order valence-electron chi connectivity index (χ1n) is 6.20. The molecule has 1 aromatic rings. The van der Waals surface area contributed by atoms with E-state index in [1.165, 1.54) is 6.07 Å². The molecule has 0 radical (unpaired) electrons. The largest absolute Gasteiger partial charge is 0.376 e. The molecule has 0 aliphatic rings. The SMILES string of the molecule is C=C(C)COCCNC(C)c1cccc([N+](=O)[O-])c1. The van der Waals surface area contributed by atoms with Crippen LogP contribution in [0.2, 0.25) is 0 Å². The summed E-state index contributed by atoms with van der Waals surface area (Å²) in [7, 11) is 0. The van der Waals surface area contributed by atoms with Gasteiger partial charge in [-0.3, -0.25) is 10.1 Å². The number of nitrogens with one attached hydrogen (secondary N) is 1. The van der Waals surface area contributed by atoms with Crippen molar-refractivity contribution in [3.63, 3.8) is 0 Å². The molecule has 0 bridgehead atoms. The molecule has 5 heteroatoms. The fraction of sp³-hybridized carbons (Fsp3) is 0.429. The van der Waals surface area contributed by atoms with E-state index >= 15 is 0 Å². The Morgan fingerprint density at radius 1 is 1.58 bits per heavy atom. The number of hydrogen-bond acceptors (Lipinski definition) is 4. The van der Waals surface area contributed by atoms with Crippen LogP contribution in [0.3, 0.4) is 0 Å². The summed E-state index contributed by atoms with van der Waals surface area (Å²) in [5.41, 5.74) is 2.01. The van der Waals surface area contributed by atoms with Crippen LogP contribution in [0.15, 0.2) is 36.4 Å². The van der Waals surface area contributed by atoms with Crippen molar-refractivity contribution in [2.45, 2.75) is 19.9 Å². The van der Waals surface area contributed by atoms with Crippen molar-refractivity contribution < 1.29 is 9.66 Å². The summed E-state index contributed by atoms with van der Waals surface area (Å²) in [6, 6.07) is 6.70. The molecule has 104 valence electrons. The number of nitro groups is 1. The van der Waals surface area contributed by atoms with Gasteiger partial charge in [0.15, 0.2) is 0 Å². The van der Waals surface area contributed by atoms with Crippen molar-refractivity contribution in [3.05, 3.63) is 52.1 Å². The molecule has 1 atom stereocenters. The lowest BCUT2D eigenvalue weighted by Gasteiger charge is -2.14. The summed E-state index contributed by atoms with van der Waals surface area (Å²) < 4.78 is 5.37. The van der Waals surface area contributed by atoms with E-state index in [1.807, 2.05) is 19.9 Å². The Hall–Kier alpha value is -1.72. The number of nitrogens with zero attached hydrogens (tertiary/aromatic N) is 1. The first-order valence-corrected chi connectivity index (χ1v) is 6.20. The van der Waals surface area contributed by atoms with E-state index in [0.717, 1.165) is 11.1 Å². The second-order valence-electron chi connectivity index (χ2n) is 4.54. The fourth-order valence-corrected chi connectivity index (χ4v) is 1.62. The normalized spacial score (nSPS) is 12.1. The predicted octanol–water partition coefficient (Wildman–Crippen LogP) is 2.84. The Kier molecular flexibility index (Phi) is 6.18. The topological polar surface area (TPSA) is 64.4 Å². The van der Waals surface area contributed by atoms with Crippen molar-refractivity contribution in [2.24, 2.45) is 0 Å². The molecule has 19 heavy (non-hydrogen) atoms. The Labute approximate surface area is 113 Å². The molecule has 1 unspecified atom stereocenters. The van der Waals surface area contributed by atoms with E-state index < -0.39 is 0 Å². The van der Waals surface area contributed by atoms with Gasteiger partial charge in [0.2, 0.25) is 0 Å². The molecule has 5 nitrogen and oxygen atoms in total. The van der Waals surface area contributed by atoms with Crippen molar-refractivity contribution >= 4 is 5.69 Å². The Balaban J connectivity index is 2.40. The Morgan fingerprint density at radius 2 is 2.32 bits per heavy atom. The lowest BCUT2D eigenvalue weighted by Crippen LogP contribution is -2.23. The van der Waals surface area contributed by atoms with Gasteiger partial charge in [0.1, 0.15) is 0 Å². The van der Waals surface area contributed by atoms with E-state index in [-0.39, 0.29) is 16.7 Å². The molecule has 0 aliphatic carbocycles. The average Bonchev–Trinajstić information content (AvgIpc) is 2.37. The van der Waals surface area contributed by atoms with E-state index in [0.29, 0.717) is 19.8 Å². The van der Waals surface area contributed by atoms with Crippen molar-refractivity contribution in [2.75, 3.05) is 19.8 Å². The average molecular weight is 264 g/mol. The molecule has 0 saturated heterocycles. The van der Waals surface area contributed by atoms with Crippen molar-refractivity contribution in [3.8, 4) is 0 Å². The molecule has 1 aromatic carbocycles. The molecule has 0 fully saturated rings. The van der Waals surface area contributed by atoms with Gasteiger partial charge in [-0.05, 0) is 19.4 Å². The number of hydrogen-bond donors (Lipinski definition) is 1. The smallest absolute Gasteiger partial charge is 0.269 e. The second kappa shape index (κ2) is 7.66. The molecule has 0 saturated carbocycles. The molecule has 1 N–H and O–H groups in total. The summed E-state index contributed by atoms with van der Waals surface area (Å²) in [5, 5.41) is 14.0. The van der Waals surface area contributed by atoms with E-state index in [4.69, 9.17) is 4.74 Å². The zero-order valence-electron chi connectivity index (χ0n) is 11.4. The van der Waals surface area contributed by atoms with Crippen LogP contribution in [0.4, 0.5) is 5.69 Å². The van der Waals surface area contributed by atoms with E-state index in [2.05, 4.69) is 11.9 Å². The summed E-state index contributed by atoms with van der Waals surface area (Å²) in [6.07, 6.45) is 0. The number of nitro benzene ring substituents is 1. The second-order valence-corrected chi connectivity index (χ2v) is 4.54. The highest BCUT2D eigenvalue weighted by molar-refractivity contribution is 5.35. The maximum absolute atomic E-state index is 10.7. The van der Waals surface area contributed by atoms with Gasteiger partial charge >= 0.3 is 0 Å². The first-order chi connectivity index (χ1) is 9.00. The van der Waals surface area contributed by atoms with Gasteiger partial charge < -0.3 is 10.1 Å². The van der Waals surface area contributed by atoms with Gasteiger partial charge in [-0.25, -0.2) is 0 Å². The summed E-state index contributed by atoms with van der Waals surface area (Å²) >= 11 is 0. The Morgan fingerprint density at radius 3 is 2.95 bits per heavy atom. The zero-order valence-corrected chi connectivity index (χ0v) is 11.4. The van der Waals surface area contributed by atoms with Gasteiger partial charge in [-0.2, -0.15) is 0 Å². The van der Waals surface area contributed by atoms with Crippen LogP contribution >= 0.6 is 0 Å². The third kappa shape index (κ3) is 5.63. The lowest BCUT2D eigenvalue weighted by molar-refractivity contribution is -0.384. The van der Waals surface area contributed by atoms with Crippen LogP contribution in [-0.2, 0) is 4.74 Å². The van der Waals surface area contributed by atoms with Crippen molar-refractivity contribution in [1.82, 2.24) is 5.32 Å². The lowest BCUT2D eigenvalue weighted by atomic mass is 10.1. The minimum atomic E-state index is -0.383. The van der Waals surface area contributed by atoms with Crippen LogP contribution < -0.4 is 5.32 Å². The van der Waals surface area contributed by atoms with Crippen LogP contribution in [0, 0.1) is 10.1 Å². The number of non-ortho nitro benzene ring substituents is 1. The monoisotopic (exact) mass is 264 g/mol. The minimum absolute atomic E-state index is 0.0494. The Bertz CT molecular complexity index is 446. The van der Waals surface area contributed by atoms with Crippen LogP contribution in [0.1, 0.15) is 25.5 Å². The molecular formula is C14H20N2O3. The molecule has 1 rings (SSSR count). The fourth-order valence-electron chi connectivity index (χ4n) is 1.62.